The Morgan fingerprint density at radius 2 is 2.19 bits per heavy atom. The molecule has 0 fully saturated rings. The van der Waals surface area contributed by atoms with Gasteiger partial charge in [0.15, 0.2) is 0 Å². The van der Waals surface area contributed by atoms with Crippen LogP contribution < -0.4 is 4.74 Å². The first-order chi connectivity index (χ1) is 7.53. The molecule has 1 aromatic carbocycles. The van der Waals surface area contributed by atoms with Gasteiger partial charge >= 0.3 is 0 Å². The number of rotatable bonds is 5. The van der Waals surface area contributed by atoms with Gasteiger partial charge in [0, 0.05) is 3.57 Å². The van der Waals surface area contributed by atoms with Crippen LogP contribution in [0.4, 0.5) is 0 Å². The molecule has 0 bridgehead atoms. The smallest absolute Gasteiger partial charge is 0.120 e. The molecule has 1 rings (SSSR count). The molecule has 0 aliphatic rings. The SMILES string of the molecule is CC(C)(C#N)CCCOc1cccc(I)c1. The molecule has 1 aromatic rings. The average molecular weight is 329 g/mol. The van der Waals surface area contributed by atoms with E-state index in [-0.39, 0.29) is 5.41 Å². The first-order valence-corrected chi connectivity index (χ1v) is 6.41. The molecule has 0 aromatic heterocycles. The van der Waals surface area contributed by atoms with Crippen molar-refractivity contribution in [1.82, 2.24) is 0 Å². The normalized spacial score (nSPS) is 10.9. The summed E-state index contributed by atoms with van der Waals surface area (Å²) in [6.07, 6.45) is 1.78. The van der Waals surface area contributed by atoms with Crippen molar-refractivity contribution < 1.29 is 4.74 Å². The van der Waals surface area contributed by atoms with Crippen molar-refractivity contribution >= 4 is 22.6 Å². The van der Waals surface area contributed by atoms with Crippen LogP contribution >= 0.6 is 22.6 Å². The summed E-state index contributed by atoms with van der Waals surface area (Å²) in [7, 11) is 0. The molecule has 0 aliphatic heterocycles. The number of nitrogens with zero attached hydrogens (tertiary/aromatic N) is 1. The Morgan fingerprint density at radius 3 is 2.81 bits per heavy atom. The van der Waals surface area contributed by atoms with E-state index in [0.29, 0.717) is 6.61 Å². The molecule has 0 unspecified atom stereocenters. The zero-order valence-electron chi connectivity index (χ0n) is 9.66. The van der Waals surface area contributed by atoms with E-state index in [9.17, 15) is 0 Å². The number of benzene rings is 1. The van der Waals surface area contributed by atoms with E-state index in [0.717, 1.165) is 18.6 Å². The highest BCUT2D eigenvalue weighted by atomic mass is 127. The Kier molecular flexibility index (Phi) is 5.07. The van der Waals surface area contributed by atoms with E-state index >= 15 is 0 Å². The second-order valence-corrected chi connectivity index (χ2v) is 5.65. The van der Waals surface area contributed by atoms with Gasteiger partial charge in [-0.05, 0) is 67.5 Å². The van der Waals surface area contributed by atoms with Gasteiger partial charge in [0.05, 0.1) is 18.1 Å². The topological polar surface area (TPSA) is 33.0 Å². The van der Waals surface area contributed by atoms with E-state index in [2.05, 4.69) is 28.7 Å². The largest absolute Gasteiger partial charge is 0.494 e. The summed E-state index contributed by atoms with van der Waals surface area (Å²) in [4.78, 5) is 0. The van der Waals surface area contributed by atoms with Crippen LogP contribution in [0.25, 0.3) is 0 Å². The third kappa shape index (κ3) is 4.84. The molecule has 0 amide bonds. The maximum Gasteiger partial charge on any atom is 0.120 e. The molecule has 0 saturated heterocycles. The summed E-state index contributed by atoms with van der Waals surface area (Å²) < 4.78 is 6.79. The third-order valence-electron chi connectivity index (χ3n) is 2.31. The lowest BCUT2D eigenvalue weighted by Gasteiger charge is -2.14. The fraction of sp³-hybridized carbons (Fsp3) is 0.462. The van der Waals surface area contributed by atoms with Gasteiger partial charge < -0.3 is 4.74 Å². The number of nitriles is 1. The molecule has 2 nitrogen and oxygen atoms in total. The standard InChI is InChI=1S/C13H16INO/c1-13(2,10-15)7-4-8-16-12-6-3-5-11(14)9-12/h3,5-6,9H,4,7-8H2,1-2H3. The summed E-state index contributed by atoms with van der Waals surface area (Å²) >= 11 is 2.26. The van der Waals surface area contributed by atoms with Gasteiger partial charge in [-0.25, -0.2) is 0 Å². The number of halogens is 1. The molecule has 0 spiro atoms. The molecule has 16 heavy (non-hydrogen) atoms. The van der Waals surface area contributed by atoms with Crippen LogP contribution in [0, 0.1) is 20.3 Å². The van der Waals surface area contributed by atoms with Gasteiger partial charge in [0.1, 0.15) is 5.75 Å². The Bertz CT molecular complexity index is 382. The fourth-order valence-corrected chi connectivity index (χ4v) is 1.83. The lowest BCUT2D eigenvalue weighted by molar-refractivity contribution is 0.284. The van der Waals surface area contributed by atoms with Crippen LogP contribution in [0.3, 0.4) is 0 Å². The minimum absolute atomic E-state index is 0.242. The highest BCUT2D eigenvalue weighted by molar-refractivity contribution is 14.1. The molecule has 3 heteroatoms. The maximum absolute atomic E-state index is 8.85. The fourth-order valence-electron chi connectivity index (χ4n) is 1.32. The number of hydrogen-bond acceptors (Lipinski definition) is 2. The summed E-state index contributed by atoms with van der Waals surface area (Å²) in [5.41, 5.74) is -0.242. The van der Waals surface area contributed by atoms with E-state index < -0.39 is 0 Å². The quantitative estimate of drug-likeness (QED) is 0.604. The lowest BCUT2D eigenvalue weighted by atomic mass is 9.90. The van der Waals surface area contributed by atoms with Gasteiger partial charge in [0.25, 0.3) is 0 Å². The van der Waals surface area contributed by atoms with Gasteiger partial charge in [0.2, 0.25) is 0 Å². The Labute approximate surface area is 111 Å². The van der Waals surface area contributed by atoms with E-state index in [1.54, 1.807) is 0 Å². The summed E-state index contributed by atoms with van der Waals surface area (Å²) in [6.45, 7) is 4.59. The molecule has 0 radical (unpaired) electrons. The molecular weight excluding hydrogens is 313 g/mol. The minimum atomic E-state index is -0.242. The van der Waals surface area contributed by atoms with Crippen molar-refractivity contribution in [2.75, 3.05) is 6.61 Å². The zero-order chi connectivity index (χ0) is 12.0. The monoisotopic (exact) mass is 329 g/mol. The van der Waals surface area contributed by atoms with Crippen LogP contribution in [0.15, 0.2) is 24.3 Å². The third-order valence-corrected chi connectivity index (χ3v) is 2.98. The van der Waals surface area contributed by atoms with Crippen LogP contribution in [-0.2, 0) is 0 Å². The molecule has 0 aliphatic carbocycles. The lowest BCUT2D eigenvalue weighted by Crippen LogP contribution is -2.10. The number of hydrogen-bond donors (Lipinski definition) is 0. The molecule has 0 saturated carbocycles. The summed E-state index contributed by atoms with van der Waals surface area (Å²) in [6, 6.07) is 10.3. The van der Waals surface area contributed by atoms with Crippen LogP contribution in [0.2, 0.25) is 0 Å². The van der Waals surface area contributed by atoms with Crippen LogP contribution in [0.5, 0.6) is 5.75 Å². The summed E-state index contributed by atoms with van der Waals surface area (Å²) in [5, 5.41) is 8.85. The van der Waals surface area contributed by atoms with Gasteiger partial charge in [-0.15, -0.1) is 0 Å². The molecule has 86 valence electrons. The average Bonchev–Trinajstić information content (AvgIpc) is 2.25. The van der Waals surface area contributed by atoms with Crippen LogP contribution in [0.1, 0.15) is 26.7 Å². The maximum atomic E-state index is 8.85. The molecular formula is C13H16INO. The molecule has 0 atom stereocenters. The van der Waals surface area contributed by atoms with Crippen molar-refractivity contribution in [3.05, 3.63) is 27.8 Å². The van der Waals surface area contributed by atoms with E-state index in [4.69, 9.17) is 10.00 Å². The Hall–Kier alpha value is -0.760. The van der Waals surface area contributed by atoms with Crippen molar-refractivity contribution in [3.8, 4) is 11.8 Å². The molecule has 0 heterocycles. The van der Waals surface area contributed by atoms with Gasteiger partial charge in [-0.1, -0.05) is 6.07 Å². The van der Waals surface area contributed by atoms with E-state index in [1.807, 2.05) is 38.1 Å². The van der Waals surface area contributed by atoms with Gasteiger partial charge in [-0.2, -0.15) is 5.26 Å². The predicted molar refractivity (Wildman–Crippen MR) is 73.3 cm³/mol. The van der Waals surface area contributed by atoms with Crippen molar-refractivity contribution in [1.29, 1.82) is 5.26 Å². The first kappa shape index (κ1) is 13.3. The highest BCUT2D eigenvalue weighted by Gasteiger charge is 2.15. The predicted octanol–water partition coefficient (Wildman–Crippen LogP) is 4.00. The molecule has 0 N–H and O–H groups in total. The second-order valence-electron chi connectivity index (χ2n) is 4.41. The first-order valence-electron chi connectivity index (χ1n) is 5.33. The second kappa shape index (κ2) is 6.09. The Balaban J connectivity index is 2.29. The zero-order valence-corrected chi connectivity index (χ0v) is 11.8. The summed E-state index contributed by atoms with van der Waals surface area (Å²) in [5.74, 6) is 0.904. The number of ether oxygens (including phenoxy) is 1. The van der Waals surface area contributed by atoms with E-state index in [1.165, 1.54) is 3.57 Å². The minimum Gasteiger partial charge on any atom is -0.494 e. The highest BCUT2D eigenvalue weighted by Crippen LogP contribution is 2.21. The van der Waals surface area contributed by atoms with Crippen molar-refractivity contribution in [2.45, 2.75) is 26.7 Å². The van der Waals surface area contributed by atoms with Crippen molar-refractivity contribution in [2.24, 2.45) is 5.41 Å². The van der Waals surface area contributed by atoms with Gasteiger partial charge in [-0.3, -0.25) is 0 Å². The Morgan fingerprint density at radius 1 is 1.44 bits per heavy atom. The van der Waals surface area contributed by atoms with Crippen LogP contribution in [-0.4, -0.2) is 6.61 Å². The van der Waals surface area contributed by atoms with Crippen molar-refractivity contribution in [3.63, 3.8) is 0 Å².